The van der Waals surface area contributed by atoms with Crippen molar-refractivity contribution >= 4 is 44.0 Å². The SMILES string of the molecule is O=C(Nc1cccc2ccccc12)c1cc(S(=O)(=O)N2CCCCC2)ccc1Cl. The van der Waals surface area contributed by atoms with E-state index in [0.29, 0.717) is 18.8 Å². The van der Waals surface area contributed by atoms with Crippen LogP contribution in [-0.4, -0.2) is 31.7 Å². The van der Waals surface area contributed by atoms with Crippen LogP contribution in [0.25, 0.3) is 10.8 Å². The van der Waals surface area contributed by atoms with E-state index in [1.807, 2.05) is 42.5 Å². The highest BCUT2D eigenvalue weighted by Crippen LogP contribution is 2.27. The van der Waals surface area contributed by atoms with Gasteiger partial charge >= 0.3 is 0 Å². The van der Waals surface area contributed by atoms with Gasteiger partial charge in [-0.05, 0) is 42.5 Å². The number of nitrogens with one attached hydrogen (secondary N) is 1. The zero-order chi connectivity index (χ0) is 20.4. The van der Waals surface area contributed by atoms with Crippen LogP contribution in [0, 0.1) is 0 Å². The maximum absolute atomic E-state index is 13.0. The molecule has 0 bridgehead atoms. The maximum Gasteiger partial charge on any atom is 0.257 e. The summed E-state index contributed by atoms with van der Waals surface area (Å²) in [6, 6.07) is 17.6. The number of hydrogen-bond donors (Lipinski definition) is 1. The predicted molar refractivity (Wildman–Crippen MR) is 116 cm³/mol. The van der Waals surface area contributed by atoms with Crippen LogP contribution in [0.1, 0.15) is 29.6 Å². The summed E-state index contributed by atoms with van der Waals surface area (Å²) >= 11 is 6.24. The molecule has 7 heteroatoms. The van der Waals surface area contributed by atoms with E-state index < -0.39 is 15.9 Å². The lowest BCUT2D eigenvalue weighted by Gasteiger charge is -2.26. The number of benzene rings is 3. The summed E-state index contributed by atoms with van der Waals surface area (Å²) in [5.41, 5.74) is 0.783. The lowest BCUT2D eigenvalue weighted by Crippen LogP contribution is -2.35. The van der Waals surface area contributed by atoms with Crippen LogP contribution in [0.5, 0.6) is 0 Å². The van der Waals surface area contributed by atoms with Gasteiger partial charge in [0.15, 0.2) is 0 Å². The Bertz CT molecular complexity index is 1170. The first-order valence-corrected chi connectivity index (χ1v) is 11.4. The zero-order valence-corrected chi connectivity index (χ0v) is 17.3. The fourth-order valence-corrected chi connectivity index (χ4v) is 5.36. The lowest BCUT2D eigenvalue weighted by molar-refractivity contribution is 0.102. The van der Waals surface area contributed by atoms with Gasteiger partial charge in [-0.25, -0.2) is 8.42 Å². The van der Waals surface area contributed by atoms with E-state index in [1.54, 1.807) is 0 Å². The number of nitrogens with zero attached hydrogens (tertiary/aromatic N) is 1. The highest BCUT2D eigenvalue weighted by atomic mass is 35.5. The number of piperidine rings is 1. The molecule has 5 nitrogen and oxygen atoms in total. The molecular formula is C22H21ClN2O3S. The molecule has 0 aromatic heterocycles. The predicted octanol–water partition coefficient (Wildman–Crippen LogP) is 4.92. The number of fused-ring (bicyclic) bond motifs is 1. The topological polar surface area (TPSA) is 66.5 Å². The van der Waals surface area contributed by atoms with Crippen LogP contribution in [0.15, 0.2) is 65.6 Å². The average molecular weight is 429 g/mol. The smallest absolute Gasteiger partial charge is 0.257 e. The van der Waals surface area contributed by atoms with Crippen molar-refractivity contribution in [2.45, 2.75) is 24.2 Å². The van der Waals surface area contributed by atoms with E-state index in [0.717, 1.165) is 30.0 Å². The first kappa shape index (κ1) is 19.9. The van der Waals surface area contributed by atoms with Crippen LogP contribution >= 0.6 is 11.6 Å². The molecule has 150 valence electrons. The second kappa shape index (κ2) is 8.14. The molecule has 1 saturated heterocycles. The first-order valence-electron chi connectivity index (χ1n) is 9.55. The van der Waals surface area contributed by atoms with Crippen molar-refractivity contribution < 1.29 is 13.2 Å². The van der Waals surface area contributed by atoms with Gasteiger partial charge in [-0.1, -0.05) is 54.4 Å². The van der Waals surface area contributed by atoms with Gasteiger partial charge in [0.2, 0.25) is 10.0 Å². The Hall–Kier alpha value is -2.41. The number of hydrogen-bond acceptors (Lipinski definition) is 3. The Morgan fingerprint density at radius 2 is 1.66 bits per heavy atom. The zero-order valence-electron chi connectivity index (χ0n) is 15.8. The molecule has 4 rings (SSSR count). The largest absolute Gasteiger partial charge is 0.321 e. The van der Waals surface area contributed by atoms with Gasteiger partial charge in [-0.3, -0.25) is 4.79 Å². The molecule has 0 spiro atoms. The van der Waals surface area contributed by atoms with Crippen LogP contribution in [0.2, 0.25) is 5.02 Å². The molecule has 0 aliphatic carbocycles. The fraction of sp³-hybridized carbons (Fsp3) is 0.227. The molecule has 0 radical (unpaired) electrons. The number of rotatable bonds is 4. The highest BCUT2D eigenvalue weighted by Gasteiger charge is 2.27. The quantitative estimate of drug-likeness (QED) is 0.641. The third kappa shape index (κ3) is 4.01. The Morgan fingerprint density at radius 1 is 0.931 bits per heavy atom. The Balaban J connectivity index is 1.66. The minimum absolute atomic E-state index is 0.0897. The molecule has 1 amide bonds. The molecule has 3 aromatic rings. The van der Waals surface area contributed by atoms with Crippen molar-refractivity contribution in [3.8, 4) is 0 Å². The van der Waals surface area contributed by atoms with Crippen molar-refractivity contribution in [1.82, 2.24) is 4.31 Å². The average Bonchev–Trinajstić information content (AvgIpc) is 2.75. The molecule has 1 aliphatic rings. The monoisotopic (exact) mass is 428 g/mol. The first-order chi connectivity index (χ1) is 14.0. The van der Waals surface area contributed by atoms with E-state index in [4.69, 9.17) is 11.6 Å². The molecule has 29 heavy (non-hydrogen) atoms. The molecule has 0 atom stereocenters. The van der Waals surface area contributed by atoms with Crippen LogP contribution in [0.3, 0.4) is 0 Å². The molecule has 0 saturated carbocycles. The van der Waals surface area contributed by atoms with Gasteiger partial charge in [0.25, 0.3) is 5.91 Å². The number of anilines is 1. The summed E-state index contributed by atoms with van der Waals surface area (Å²) in [5.74, 6) is -0.443. The number of amides is 1. The van der Waals surface area contributed by atoms with Gasteiger partial charge in [-0.15, -0.1) is 0 Å². The molecular weight excluding hydrogens is 408 g/mol. The van der Waals surface area contributed by atoms with Crippen LogP contribution in [0.4, 0.5) is 5.69 Å². The summed E-state index contributed by atoms with van der Waals surface area (Å²) in [6.45, 7) is 1.00. The standard InChI is InChI=1S/C22H21ClN2O3S/c23-20-12-11-17(29(27,28)25-13-4-1-5-14-25)15-19(20)22(26)24-21-10-6-8-16-7-2-3-9-18(16)21/h2-3,6-12,15H,1,4-5,13-14H2,(H,24,26). The van der Waals surface area contributed by atoms with Crippen molar-refractivity contribution in [3.05, 3.63) is 71.2 Å². The molecule has 1 N–H and O–H groups in total. The number of carbonyl (C=O) groups is 1. The maximum atomic E-state index is 13.0. The summed E-state index contributed by atoms with van der Waals surface area (Å²) in [5, 5.41) is 4.97. The van der Waals surface area contributed by atoms with Crippen LogP contribution < -0.4 is 5.32 Å². The summed E-state index contributed by atoms with van der Waals surface area (Å²) < 4.78 is 27.4. The Morgan fingerprint density at radius 3 is 2.45 bits per heavy atom. The Labute approximate surface area is 175 Å². The molecule has 1 fully saturated rings. The number of carbonyl (C=O) groups excluding carboxylic acids is 1. The van der Waals surface area contributed by atoms with Crippen molar-refractivity contribution in [3.63, 3.8) is 0 Å². The van der Waals surface area contributed by atoms with E-state index in [9.17, 15) is 13.2 Å². The number of sulfonamides is 1. The van der Waals surface area contributed by atoms with E-state index in [-0.39, 0.29) is 15.5 Å². The van der Waals surface area contributed by atoms with Crippen molar-refractivity contribution in [2.24, 2.45) is 0 Å². The van der Waals surface area contributed by atoms with E-state index in [1.165, 1.54) is 22.5 Å². The minimum atomic E-state index is -3.65. The van der Waals surface area contributed by atoms with Gasteiger partial charge in [0, 0.05) is 24.2 Å². The minimum Gasteiger partial charge on any atom is -0.321 e. The fourth-order valence-electron chi connectivity index (χ4n) is 3.62. The highest BCUT2D eigenvalue weighted by molar-refractivity contribution is 7.89. The Kier molecular flexibility index (Phi) is 5.58. The molecule has 1 aliphatic heterocycles. The van der Waals surface area contributed by atoms with E-state index in [2.05, 4.69) is 5.32 Å². The normalized spacial score (nSPS) is 15.3. The van der Waals surface area contributed by atoms with Crippen LogP contribution in [-0.2, 0) is 10.0 Å². The van der Waals surface area contributed by atoms with Gasteiger partial charge in [-0.2, -0.15) is 4.31 Å². The molecule has 1 heterocycles. The molecule has 3 aromatic carbocycles. The molecule has 0 unspecified atom stereocenters. The summed E-state index contributed by atoms with van der Waals surface area (Å²) in [4.78, 5) is 13.0. The third-order valence-corrected chi connectivity index (χ3v) is 7.40. The summed E-state index contributed by atoms with van der Waals surface area (Å²) in [6.07, 6.45) is 2.73. The lowest BCUT2D eigenvalue weighted by atomic mass is 10.1. The van der Waals surface area contributed by atoms with Gasteiger partial charge in [0.1, 0.15) is 0 Å². The van der Waals surface area contributed by atoms with E-state index >= 15 is 0 Å². The second-order valence-electron chi connectivity index (χ2n) is 7.09. The van der Waals surface area contributed by atoms with Crippen molar-refractivity contribution in [2.75, 3.05) is 18.4 Å². The second-order valence-corrected chi connectivity index (χ2v) is 9.43. The number of halogens is 1. The third-order valence-electron chi connectivity index (χ3n) is 5.17. The van der Waals surface area contributed by atoms with Gasteiger partial charge < -0.3 is 5.32 Å². The summed E-state index contributed by atoms with van der Waals surface area (Å²) in [7, 11) is -3.65. The van der Waals surface area contributed by atoms with Crippen molar-refractivity contribution in [1.29, 1.82) is 0 Å². The van der Waals surface area contributed by atoms with Gasteiger partial charge in [0.05, 0.1) is 15.5 Å².